The molecule has 4 rings (SSSR count). The number of nitrogens with zero attached hydrogens (tertiary/aromatic N) is 3. The van der Waals surface area contributed by atoms with Crippen LogP contribution in [0.1, 0.15) is 30.3 Å². The molecule has 5 nitrogen and oxygen atoms in total. The number of aromatic nitrogens is 2. The Hall–Kier alpha value is -2.77. The van der Waals surface area contributed by atoms with Gasteiger partial charge in [0, 0.05) is 20.9 Å². The lowest BCUT2D eigenvalue weighted by Crippen LogP contribution is -2.22. The van der Waals surface area contributed by atoms with Crippen LogP contribution in [0.15, 0.2) is 85.6 Å². The van der Waals surface area contributed by atoms with Crippen molar-refractivity contribution < 1.29 is 4.74 Å². The molecule has 0 aliphatic heterocycles. The molecule has 0 spiro atoms. The highest BCUT2D eigenvalue weighted by Crippen LogP contribution is 2.23. The molecule has 0 amide bonds. The Labute approximate surface area is 203 Å². The minimum atomic E-state index is -0.197. The van der Waals surface area contributed by atoms with Gasteiger partial charge in [-0.15, -0.1) is 0 Å². The first-order valence-electron chi connectivity index (χ1n) is 10.3. The molecule has 0 saturated carbocycles. The van der Waals surface area contributed by atoms with Crippen LogP contribution in [0.3, 0.4) is 0 Å². The molecule has 0 N–H and O–H groups in total. The summed E-state index contributed by atoms with van der Waals surface area (Å²) < 4.78 is 9.15. The minimum Gasteiger partial charge on any atom is -0.488 e. The summed E-state index contributed by atoms with van der Waals surface area (Å²) >= 11 is 6.94. The maximum Gasteiger partial charge on any atom is 0.282 e. The molecule has 7 heteroatoms. The van der Waals surface area contributed by atoms with Gasteiger partial charge < -0.3 is 4.74 Å². The van der Waals surface area contributed by atoms with Crippen molar-refractivity contribution in [3.05, 3.63) is 103 Å². The normalized spacial score (nSPS) is 11.3. The van der Waals surface area contributed by atoms with Crippen molar-refractivity contribution in [1.82, 2.24) is 9.66 Å². The predicted octanol–water partition coefficient (Wildman–Crippen LogP) is 6.34. The lowest BCUT2D eigenvalue weighted by Gasteiger charge is -2.11. The zero-order chi connectivity index (χ0) is 22.5. The van der Waals surface area contributed by atoms with Crippen LogP contribution >= 0.6 is 31.9 Å². The molecular weight excluding hydrogens is 534 g/mol. The number of benzene rings is 3. The van der Waals surface area contributed by atoms with Gasteiger partial charge in [-0.2, -0.15) is 9.78 Å². The van der Waals surface area contributed by atoms with Gasteiger partial charge in [-0.25, -0.2) is 4.98 Å². The average Bonchev–Trinajstić information content (AvgIpc) is 2.79. The van der Waals surface area contributed by atoms with Gasteiger partial charge in [0.05, 0.1) is 17.1 Å². The average molecular weight is 555 g/mol. The molecule has 0 aliphatic rings. The zero-order valence-corrected chi connectivity index (χ0v) is 20.6. The molecule has 4 aromatic rings. The van der Waals surface area contributed by atoms with Crippen LogP contribution in [-0.2, 0) is 13.0 Å². The van der Waals surface area contributed by atoms with Gasteiger partial charge >= 0.3 is 0 Å². The third kappa shape index (κ3) is 5.16. The predicted molar refractivity (Wildman–Crippen MR) is 136 cm³/mol. The molecule has 0 atom stereocenters. The molecule has 0 aliphatic carbocycles. The Morgan fingerprint density at radius 2 is 1.78 bits per heavy atom. The second-order valence-electron chi connectivity index (χ2n) is 7.26. The number of rotatable bonds is 7. The fraction of sp³-hybridized carbons (Fsp3) is 0.160. The second kappa shape index (κ2) is 10.2. The maximum absolute atomic E-state index is 13.2. The van der Waals surface area contributed by atoms with E-state index in [2.05, 4.69) is 48.9 Å². The van der Waals surface area contributed by atoms with Gasteiger partial charge in [0.1, 0.15) is 18.2 Å². The summed E-state index contributed by atoms with van der Waals surface area (Å²) in [5, 5.41) is 5.05. The largest absolute Gasteiger partial charge is 0.488 e. The van der Waals surface area contributed by atoms with E-state index in [1.807, 2.05) is 60.7 Å². The Bertz CT molecular complexity index is 1330. The monoisotopic (exact) mass is 553 g/mol. The van der Waals surface area contributed by atoms with Gasteiger partial charge in [-0.3, -0.25) is 4.79 Å². The van der Waals surface area contributed by atoms with Crippen LogP contribution in [0.4, 0.5) is 0 Å². The molecule has 0 unspecified atom stereocenters. The number of hydrogen-bond acceptors (Lipinski definition) is 4. The van der Waals surface area contributed by atoms with Crippen molar-refractivity contribution in [3.63, 3.8) is 0 Å². The fourth-order valence-corrected chi connectivity index (χ4v) is 4.05. The van der Waals surface area contributed by atoms with Gasteiger partial charge in [0.2, 0.25) is 0 Å². The smallest absolute Gasteiger partial charge is 0.282 e. The number of hydrogen-bond donors (Lipinski definition) is 0. The Kier molecular flexibility index (Phi) is 7.17. The van der Waals surface area contributed by atoms with E-state index in [-0.39, 0.29) is 5.56 Å². The maximum atomic E-state index is 13.2. The molecule has 0 radical (unpaired) electrons. The van der Waals surface area contributed by atoms with E-state index in [9.17, 15) is 4.79 Å². The van der Waals surface area contributed by atoms with E-state index in [0.717, 1.165) is 26.5 Å². The Morgan fingerprint density at radius 3 is 2.56 bits per heavy atom. The first kappa shape index (κ1) is 22.4. The van der Waals surface area contributed by atoms with E-state index >= 15 is 0 Å². The molecule has 32 heavy (non-hydrogen) atoms. The summed E-state index contributed by atoms with van der Waals surface area (Å²) in [5.41, 5.74) is 2.31. The number of halogens is 2. The lowest BCUT2D eigenvalue weighted by atomic mass is 10.2. The number of aryl methyl sites for hydroxylation is 1. The molecule has 3 aromatic carbocycles. The minimum absolute atomic E-state index is 0.197. The SMILES string of the molecule is CCCc1nc2ccc(Br)cc2c(=O)n1N=Cc1cc(Br)ccc1OCc1ccccc1. The number of fused-ring (bicyclic) bond motifs is 1. The van der Waals surface area contributed by atoms with Crippen LogP contribution in [0.5, 0.6) is 5.75 Å². The standard InChI is InChI=1S/C25H21Br2N3O2/c1-2-6-24-29-22-11-9-20(27)14-21(22)25(31)30(24)28-15-18-13-19(26)10-12-23(18)32-16-17-7-4-3-5-8-17/h3-5,7-15H,2,6,16H2,1H3. The third-order valence-corrected chi connectivity index (χ3v) is 5.86. The van der Waals surface area contributed by atoms with Gasteiger partial charge in [-0.1, -0.05) is 69.1 Å². The van der Waals surface area contributed by atoms with Crippen LogP contribution in [0.25, 0.3) is 10.9 Å². The van der Waals surface area contributed by atoms with Crippen molar-refractivity contribution in [2.75, 3.05) is 0 Å². The summed E-state index contributed by atoms with van der Waals surface area (Å²) in [4.78, 5) is 17.9. The summed E-state index contributed by atoms with van der Waals surface area (Å²) in [5.74, 6) is 1.31. The fourth-order valence-electron chi connectivity index (χ4n) is 3.31. The Morgan fingerprint density at radius 1 is 1.03 bits per heavy atom. The van der Waals surface area contributed by atoms with Crippen LogP contribution in [0, 0.1) is 0 Å². The van der Waals surface area contributed by atoms with Crippen molar-refractivity contribution >= 4 is 49.0 Å². The highest BCUT2D eigenvalue weighted by Gasteiger charge is 2.11. The quantitative estimate of drug-likeness (QED) is 0.251. The summed E-state index contributed by atoms with van der Waals surface area (Å²) in [6.45, 7) is 2.49. The molecule has 162 valence electrons. The first-order chi connectivity index (χ1) is 15.5. The van der Waals surface area contributed by atoms with Crippen LogP contribution in [-0.4, -0.2) is 15.9 Å². The zero-order valence-electron chi connectivity index (χ0n) is 17.5. The van der Waals surface area contributed by atoms with Crippen LogP contribution in [0.2, 0.25) is 0 Å². The van der Waals surface area contributed by atoms with Crippen molar-refractivity contribution in [2.45, 2.75) is 26.4 Å². The number of ether oxygens (including phenoxy) is 1. The Balaban J connectivity index is 1.72. The molecule has 0 saturated heterocycles. The first-order valence-corrected chi connectivity index (χ1v) is 11.9. The molecule has 0 bridgehead atoms. The molecule has 1 heterocycles. The van der Waals surface area contributed by atoms with Crippen molar-refractivity contribution in [1.29, 1.82) is 0 Å². The van der Waals surface area contributed by atoms with E-state index in [1.54, 1.807) is 12.3 Å². The molecule has 1 aromatic heterocycles. The van der Waals surface area contributed by atoms with E-state index < -0.39 is 0 Å². The summed E-state index contributed by atoms with van der Waals surface area (Å²) in [6.07, 6.45) is 3.15. The van der Waals surface area contributed by atoms with Gasteiger partial charge in [0.15, 0.2) is 0 Å². The summed E-state index contributed by atoms with van der Waals surface area (Å²) in [7, 11) is 0. The topological polar surface area (TPSA) is 56.5 Å². The lowest BCUT2D eigenvalue weighted by molar-refractivity contribution is 0.305. The highest BCUT2D eigenvalue weighted by atomic mass is 79.9. The van der Waals surface area contributed by atoms with Gasteiger partial charge in [0.25, 0.3) is 5.56 Å². The summed E-state index contributed by atoms with van der Waals surface area (Å²) in [6, 6.07) is 21.2. The van der Waals surface area contributed by atoms with Gasteiger partial charge in [-0.05, 0) is 48.4 Å². The van der Waals surface area contributed by atoms with Crippen molar-refractivity contribution in [3.8, 4) is 5.75 Å². The second-order valence-corrected chi connectivity index (χ2v) is 9.09. The van der Waals surface area contributed by atoms with Crippen molar-refractivity contribution in [2.24, 2.45) is 5.10 Å². The highest BCUT2D eigenvalue weighted by molar-refractivity contribution is 9.10. The van der Waals surface area contributed by atoms with E-state index in [0.29, 0.717) is 35.5 Å². The molecular formula is C25H21Br2N3O2. The van der Waals surface area contributed by atoms with Crippen LogP contribution < -0.4 is 10.3 Å². The van der Waals surface area contributed by atoms with E-state index in [1.165, 1.54) is 4.68 Å². The third-order valence-electron chi connectivity index (χ3n) is 4.87. The molecule has 0 fully saturated rings. The van der Waals surface area contributed by atoms with E-state index in [4.69, 9.17) is 4.74 Å².